The van der Waals surface area contributed by atoms with Crippen LogP contribution in [0.1, 0.15) is 18.1 Å². The maximum atomic E-state index is 11.9. The number of rotatable bonds is 5. The van der Waals surface area contributed by atoms with Crippen molar-refractivity contribution in [3.63, 3.8) is 0 Å². The van der Waals surface area contributed by atoms with Crippen molar-refractivity contribution in [3.8, 4) is 5.75 Å². The molecule has 21 heavy (non-hydrogen) atoms. The van der Waals surface area contributed by atoms with Crippen LogP contribution in [0.2, 0.25) is 0 Å². The van der Waals surface area contributed by atoms with Crippen molar-refractivity contribution in [2.24, 2.45) is 0 Å². The lowest BCUT2D eigenvalue weighted by Gasteiger charge is -2.09. The van der Waals surface area contributed by atoms with E-state index in [2.05, 4.69) is 34.8 Å². The Kier molecular flexibility index (Phi) is 5.61. The van der Waals surface area contributed by atoms with Gasteiger partial charge in [0.25, 0.3) is 5.91 Å². The molecule has 0 aliphatic carbocycles. The highest BCUT2D eigenvalue weighted by atomic mass is 127. The van der Waals surface area contributed by atoms with Crippen LogP contribution in [0.15, 0.2) is 42.5 Å². The number of carbonyl (C=O) groups excluding carboxylic acids is 1. The van der Waals surface area contributed by atoms with Crippen LogP contribution in [-0.2, 0) is 11.2 Å². The molecule has 0 unspecified atom stereocenters. The van der Waals surface area contributed by atoms with Gasteiger partial charge in [0.05, 0.1) is 0 Å². The second-order valence-electron chi connectivity index (χ2n) is 4.80. The highest BCUT2D eigenvalue weighted by molar-refractivity contribution is 14.1. The molecular formula is C17H18INO2. The molecule has 1 amide bonds. The summed E-state index contributed by atoms with van der Waals surface area (Å²) in [6, 6.07) is 13.6. The molecule has 3 nitrogen and oxygen atoms in total. The van der Waals surface area contributed by atoms with Gasteiger partial charge in [-0.1, -0.05) is 25.1 Å². The Hall–Kier alpha value is -1.56. The largest absolute Gasteiger partial charge is 0.484 e. The van der Waals surface area contributed by atoms with Gasteiger partial charge in [-0.3, -0.25) is 4.79 Å². The second kappa shape index (κ2) is 7.45. The number of amides is 1. The minimum atomic E-state index is -0.158. The summed E-state index contributed by atoms with van der Waals surface area (Å²) >= 11 is 2.25. The Morgan fingerprint density at radius 3 is 2.52 bits per heavy atom. The Bertz CT molecular complexity index is 623. The predicted octanol–water partition coefficient (Wildman–Crippen LogP) is 4.18. The first-order valence-electron chi connectivity index (χ1n) is 6.86. The maximum absolute atomic E-state index is 11.9. The Balaban J connectivity index is 1.87. The average Bonchev–Trinajstić information content (AvgIpc) is 2.49. The summed E-state index contributed by atoms with van der Waals surface area (Å²) in [6.45, 7) is 4.15. The molecule has 0 bridgehead atoms. The highest BCUT2D eigenvalue weighted by Crippen LogP contribution is 2.17. The zero-order valence-corrected chi connectivity index (χ0v) is 14.3. The molecule has 0 aliphatic rings. The number of hydrogen-bond acceptors (Lipinski definition) is 2. The van der Waals surface area contributed by atoms with E-state index in [9.17, 15) is 4.79 Å². The third kappa shape index (κ3) is 4.74. The summed E-state index contributed by atoms with van der Waals surface area (Å²) in [5, 5.41) is 2.83. The van der Waals surface area contributed by atoms with Crippen molar-refractivity contribution < 1.29 is 9.53 Å². The van der Waals surface area contributed by atoms with E-state index in [0.717, 1.165) is 15.7 Å². The van der Waals surface area contributed by atoms with Crippen LogP contribution in [0.5, 0.6) is 5.75 Å². The van der Waals surface area contributed by atoms with Crippen molar-refractivity contribution in [1.82, 2.24) is 0 Å². The standard InChI is InChI=1S/C17H18INO2/c1-3-13-5-8-15(9-6-13)21-11-17(20)19-14-7-4-12(2)16(18)10-14/h4-10H,3,11H2,1-2H3,(H,19,20). The minimum absolute atomic E-state index is 0.00985. The van der Waals surface area contributed by atoms with Gasteiger partial charge in [-0.15, -0.1) is 0 Å². The first-order valence-corrected chi connectivity index (χ1v) is 7.94. The van der Waals surface area contributed by atoms with Crippen LogP contribution in [-0.4, -0.2) is 12.5 Å². The normalized spacial score (nSPS) is 10.2. The van der Waals surface area contributed by atoms with Crippen molar-refractivity contribution >= 4 is 34.2 Å². The van der Waals surface area contributed by atoms with E-state index >= 15 is 0 Å². The zero-order chi connectivity index (χ0) is 15.2. The minimum Gasteiger partial charge on any atom is -0.484 e. The molecule has 0 heterocycles. The number of aryl methyl sites for hydroxylation is 2. The molecule has 0 aliphatic heterocycles. The van der Waals surface area contributed by atoms with E-state index in [4.69, 9.17) is 4.74 Å². The number of carbonyl (C=O) groups is 1. The van der Waals surface area contributed by atoms with Crippen molar-refractivity contribution in [2.45, 2.75) is 20.3 Å². The first kappa shape index (κ1) is 15.8. The van der Waals surface area contributed by atoms with Crippen molar-refractivity contribution in [2.75, 3.05) is 11.9 Å². The van der Waals surface area contributed by atoms with E-state index in [0.29, 0.717) is 5.75 Å². The first-order chi connectivity index (χ1) is 10.1. The molecule has 110 valence electrons. The maximum Gasteiger partial charge on any atom is 0.262 e. The molecule has 0 spiro atoms. The number of benzene rings is 2. The van der Waals surface area contributed by atoms with E-state index in [1.54, 1.807) is 0 Å². The van der Waals surface area contributed by atoms with Crippen LogP contribution in [0.4, 0.5) is 5.69 Å². The third-order valence-electron chi connectivity index (χ3n) is 3.16. The summed E-state index contributed by atoms with van der Waals surface area (Å²) < 4.78 is 6.61. The summed E-state index contributed by atoms with van der Waals surface area (Å²) in [5.74, 6) is 0.551. The molecule has 0 aromatic heterocycles. The summed E-state index contributed by atoms with van der Waals surface area (Å²) in [4.78, 5) is 11.9. The number of anilines is 1. The van der Waals surface area contributed by atoms with E-state index < -0.39 is 0 Å². The lowest BCUT2D eigenvalue weighted by atomic mass is 10.2. The fourth-order valence-electron chi connectivity index (χ4n) is 1.84. The molecule has 2 aromatic rings. The molecule has 2 rings (SSSR count). The summed E-state index contributed by atoms with van der Waals surface area (Å²) in [5.41, 5.74) is 3.24. The number of halogens is 1. The topological polar surface area (TPSA) is 38.3 Å². The Labute approximate surface area is 138 Å². The second-order valence-corrected chi connectivity index (χ2v) is 5.96. The van der Waals surface area contributed by atoms with Crippen LogP contribution >= 0.6 is 22.6 Å². The van der Waals surface area contributed by atoms with Gasteiger partial charge in [-0.25, -0.2) is 0 Å². The molecule has 0 fully saturated rings. The zero-order valence-electron chi connectivity index (χ0n) is 12.2. The van der Waals surface area contributed by atoms with Gasteiger partial charge in [0.15, 0.2) is 6.61 Å². The van der Waals surface area contributed by atoms with Gasteiger partial charge < -0.3 is 10.1 Å². The predicted molar refractivity (Wildman–Crippen MR) is 93.8 cm³/mol. The van der Waals surface area contributed by atoms with Crippen molar-refractivity contribution in [1.29, 1.82) is 0 Å². The smallest absolute Gasteiger partial charge is 0.262 e. The highest BCUT2D eigenvalue weighted by Gasteiger charge is 2.05. The molecule has 0 atom stereocenters. The SMILES string of the molecule is CCc1ccc(OCC(=O)Nc2ccc(C)c(I)c2)cc1. The molecule has 0 saturated heterocycles. The molecule has 1 N–H and O–H groups in total. The number of nitrogens with one attached hydrogen (secondary N) is 1. The number of hydrogen-bond donors (Lipinski definition) is 1. The lowest BCUT2D eigenvalue weighted by Crippen LogP contribution is -2.20. The Morgan fingerprint density at radius 2 is 1.90 bits per heavy atom. The molecule has 0 saturated carbocycles. The average molecular weight is 395 g/mol. The fraction of sp³-hybridized carbons (Fsp3) is 0.235. The van der Waals surface area contributed by atoms with Gasteiger partial charge in [0.2, 0.25) is 0 Å². The fourth-order valence-corrected chi connectivity index (χ4v) is 2.35. The van der Waals surface area contributed by atoms with Gasteiger partial charge in [0.1, 0.15) is 5.75 Å². The quantitative estimate of drug-likeness (QED) is 0.772. The third-order valence-corrected chi connectivity index (χ3v) is 4.32. The summed E-state index contributed by atoms with van der Waals surface area (Å²) in [6.07, 6.45) is 0.993. The molecular weight excluding hydrogens is 377 g/mol. The molecule has 2 aromatic carbocycles. The van der Waals surface area contributed by atoms with Gasteiger partial charge in [-0.2, -0.15) is 0 Å². The molecule has 4 heteroatoms. The van der Waals surface area contributed by atoms with E-state index in [-0.39, 0.29) is 12.5 Å². The van der Waals surface area contributed by atoms with E-state index in [1.165, 1.54) is 11.1 Å². The van der Waals surface area contributed by atoms with Gasteiger partial charge in [-0.05, 0) is 71.3 Å². The van der Waals surface area contributed by atoms with Crippen LogP contribution in [0.25, 0.3) is 0 Å². The van der Waals surface area contributed by atoms with Crippen molar-refractivity contribution in [3.05, 3.63) is 57.2 Å². The lowest BCUT2D eigenvalue weighted by molar-refractivity contribution is -0.118. The van der Waals surface area contributed by atoms with Gasteiger partial charge >= 0.3 is 0 Å². The van der Waals surface area contributed by atoms with Gasteiger partial charge in [0, 0.05) is 9.26 Å². The molecule has 0 radical (unpaired) electrons. The monoisotopic (exact) mass is 395 g/mol. The number of ether oxygens (including phenoxy) is 1. The van der Waals surface area contributed by atoms with Crippen LogP contribution in [0, 0.1) is 10.5 Å². The van der Waals surface area contributed by atoms with Crippen LogP contribution < -0.4 is 10.1 Å². The van der Waals surface area contributed by atoms with E-state index in [1.807, 2.05) is 49.4 Å². The Morgan fingerprint density at radius 1 is 1.19 bits per heavy atom. The summed E-state index contributed by atoms with van der Waals surface area (Å²) in [7, 11) is 0. The van der Waals surface area contributed by atoms with Crippen LogP contribution in [0.3, 0.4) is 0 Å².